The van der Waals surface area contributed by atoms with Gasteiger partial charge in [0.15, 0.2) is 0 Å². The molecule has 0 heterocycles. The van der Waals surface area contributed by atoms with Gasteiger partial charge in [-0.1, -0.05) is 321 Å². The lowest BCUT2D eigenvalue weighted by atomic mass is 10.0. The van der Waals surface area contributed by atoms with Crippen molar-refractivity contribution in [1.29, 1.82) is 0 Å². The van der Waals surface area contributed by atoms with Gasteiger partial charge in [0.1, 0.15) is 0 Å². The smallest absolute Gasteiger partial charge is 0.305 e. The van der Waals surface area contributed by atoms with Crippen LogP contribution in [0, 0.1) is 0 Å². The van der Waals surface area contributed by atoms with Gasteiger partial charge in [-0.25, -0.2) is 0 Å². The van der Waals surface area contributed by atoms with Gasteiger partial charge in [-0.3, -0.25) is 9.59 Å². The van der Waals surface area contributed by atoms with E-state index < -0.39 is 12.1 Å². The first-order valence-electron chi connectivity index (χ1n) is 32.9. The van der Waals surface area contributed by atoms with E-state index in [-0.39, 0.29) is 18.5 Å². The second-order valence-electron chi connectivity index (χ2n) is 22.8. The topological polar surface area (TPSA) is 95.9 Å². The maximum atomic E-state index is 12.5. The van der Waals surface area contributed by atoms with Gasteiger partial charge in [0.05, 0.1) is 25.4 Å². The average molecular weight is 1020 g/mol. The van der Waals surface area contributed by atoms with Crippen LogP contribution in [0.25, 0.3) is 0 Å². The van der Waals surface area contributed by atoms with E-state index in [4.69, 9.17) is 4.74 Å². The van der Waals surface area contributed by atoms with Crippen molar-refractivity contribution >= 4 is 11.9 Å². The van der Waals surface area contributed by atoms with Crippen molar-refractivity contribution in [2.24, 2.45) is 0 Å². The fourth-order valence-electron chi connectivity index (χ4n) is 10.5. The molecule has 1 amide bonds. The summed E-state index contributed by atoms with van der Waals surface area (Å²) in [4.78, 5) is 24.6. The summed E-state index contributed by atoms with van der Waals surface area (Å²) in [7, 11) is 0. The molecule has 2 atom stereocenters. The third kappa shape index (κ3) is 57.9. The standard InChI is InChI=1S/C66H129NO5/c1-3-5-7-9-11-13-15-17-19-21-23-28-32-36-40-44-48-52-56-60-66(71)72-61-57-53-49-45-41-37-33-29-25-22-24-27-31-35-39-43-47-51-55-59-65(70)67-63(62-68)64(69)58-54-50-46-42-38-34-30-26-20-18-16-14-12-10-8-6-4-2/h22,24,63-64,68-69H,3-21,23,25-62H2,1-2H3,(H,67,70)/b24-22-. The predicted octanol–water partition coefficient (Wildman–Crippen LogP) is 20.8. The summed E-state index contributed by atoms with van der Waals surface area (Å²) in [6.07, 6.45) is 75.2. The third-order valence-electron chi connectivity index (χ3n) is 15.6. The molecule has 0 aromatic rings. The van der Waals surface area contributed by atoms with Crippen LogP contribution in [0.5, 0.6) is 0 Å². The first-order chi connectivity index (χ1) is 35.5. The number of aliphatic hydroxyl groups excluding tert-OH is 2. The molecule has 0 rings (SSSR count). The van der Waals surface area contributed by atoms with Gasteiger partial charge in [-0.05, 0) is 51.4 Å². The fourth-order valence-corrected chi connectivity index (χ4v) is 10.5. The molecule has 428 valence electrons. The van der Waals surface area contributed by atoms with Crippen LogP contribution < -0.4 is 5.32 Å². The Morgan fingerprint density at radius 1 is 0.375 bits per heavy atom. The number of carbonyl (C=O) groups is 2. The van der Waals surface area contributed by atoms with Gasteiger partial charge in [0.25, 0.3) is 0 Å². The van der Waals surface area contributed by atoms with E-state index in [2.05, 4.69) is 31.3 Å². The van der Waals surface area contributed by atoms with Gasteiger partial charge in [0, 0.05) is 12.8 Å². The zero-order chi connectivity index (χ0) is 52.2. The Labute approximate surface area is 450 Å². The number of aliphatic hydroxyl groups is 2. The van der Waals surface area contributed by atoms with Crippen LogP contribution in [0.2, 0.25) is 0 Å². The predicted molar refractivity (Wildman–Crippen MR) is 315 cm³/mol. The highest BCUT2D eigenvalue weighted by Crippen LogP contribution is 2.18. The minimum absolute atomic E-state index is 0.00977. The highest BCUT2D eigenvalue weighted by molar-refractivity contribution is 5.76. The van der Waals surface area contributed by atoms with Gasteiger partial charge in [0.2, 0.25) is 5.91 Å². The lowest BCUT2D eigenvalue weighted by molar-refractivity contribution is -0.143. The van der Waals surface area contributed by atoms with Crippen molar-refractivity contribution in [2.75, 3.05) is 13.2 Å². The molecule has 0 saturated heterocycles. The van der Waals surface area contributed by atoms with E-state index in [0.717, 1.165) is 38.5 Å². The molecule has 0 aromatic heterocycles. The molecule has 0 aliphatic rings. The summed E-state index contributed by atoms with van der Waals surface area (Å²) >= 11 is 0. The second-order valence-corrected chi connectivity index (χ2v) is 22.8. The van der Waals surface area contributed by atoms with E-state index in [9.17, 15) is 19.8 Å². The SMILES string of the molecule is CCCCCCCCCCCCCCCCCCCCCC(=O)OCCCCCCCCCC/C=C\CCCCCCCCCC(=O)NC(CO)C(O)CCCCCCCCCCCCCCCCCCC. The van der Waals surface area contributed by atoms with E-state index in [0.29, 0.717) is 25.9 Å². The summed E-state index contributed by atoms with van der Waals surface area (Å²) < 4.78 is 5.50. The summed E-state index contributed by atoms with van der Waals surface area (Å²) in [5, 5.41) is 23.3. The second kappa shape index (κ2) is 62.1. The number of esters is 1. The molecule has 0 saturated carbocycles. The number of nitrogens with one attached hydrogen (secondary N) is 1. The highest BCUT2D eigenvalue weighted by Gasteiger charge is 2.20. The molecule has 2 unspecified atom stereocenters. The molecule has 6 heteroatoms. The molecule has 6 nitrogen and oxygen atoms in total. The van der Waals surface area contributed by atoms with Crippen molar-refractivity contribution in [3.63, 3.8) is 0 Å². The lowest BCUT2D eigenvalue weighted by Gasteiger charge is -2.22. The average Bonchev–Trinajstić information content (AvgIpc) is 3.38. The monoisotopic (exact) mass is 1020 g/mol. The number of hydrogen-bond donors (Lipinski definition) is 3. The normalized spacial score (nSPS) is 12.6. The van der Waals surface area contributed by atoms with Crippen molar-refractivity contribution in [3.05, 3.63) is 12.2 Å². The van der Waals surface area contributed by atoms with Crippen molar-refractivity contribution in [1.82, 2.24) is 5.32 Å². The number of hydrogen-bond acceptors (Lipinski definition) is 5. The van der Waals surface area contributed by atoms with Crippen molar-refractivity contribution in [2.45, 2.75) is 386 Å². The lowest BCUT2D eigenvalue weighted by Crippen LogP contribution is -2.45. The van der Waals surface area contributed by atoms with Crippen LogP contribution in [0.3, 0.4) is 0 Å². The summed E-state index contributed by atoms with van der Waals surface area (Å²) in [6.45, 7) is 4.98. The number of ether oxygens (including phenoxy) is 1. The summed E-state index contributed by atoms with van der Waals surface area (Å²) in [5.41, 5.74) is 0. The zero-order valence-corrected chi connectivity index (χ0v) is 48.9. The molecule has 0 aliphatic heterocycles. The Hall–Kier alpha value is -1.40. The Kier molecular flexibility index (Phi) is 60.9. The molecule has 0 spiro atoms. The first-order valence-corrected chi connectivity index (χ1v) is 32.9. The van der Waals surface area contributed by atoms with Crippen LogP contribution >= 0.6 is 0 Å². The fraction of sp³-hybridized carbons (Fsp3) is 0.939. The molecule has 0 fully saturated rings. The third-order valence-corrected chi connectivity index (χ3v) is 15.6. The van der Waals surface area contributed by atoms with Crippen LogP contribution in [0.1, 0.15) is 373 Å². The Bertz CT molecular complexity index is 1080. The molecule has 3 N–H and O–H groups in total. The van der Waals surface area contributed by atoms with E-state index >= 15 is 0 Å². The number of rotatable bonds is 62. The molecule has 0 radical (unpaired) electrons. The maximum absolute atomic E-state index is 12.5. The highest BCUT2D eigenvalue weighted by atomic mass is 16.5. The number of allylic oxidation sites excluding steroid dienone is 2. The quantitative estimate of drug-likeness (QED) is 0.0320. The van der Waals surface area contributed by atoms with Crippen LogP contribution in [-0.4, -0.2) is 47.4 Å². The van der Waals surface area contributed by atoms with E-state index in [1.54, 1.807) is 0 Å². The molecule has 0 aromatic carbocycles. The molecule has 0 bridgehead atoms. The Morgan fingerprint density at radius 3 is 0.986 bits per heavy atom. The minimum Gasteiger partial charge on any atom is -0.466 e. The number of unbranched alkanes of at least 4 members (excludes halogenated alkanes) is 49. The zero-order valence-electron chi connectivity index (χ0n) is 48.9. The summed E-state index contributed by atoms with van der Waals surface area (Å²) in [5.74, 6) is -0.0314. The maximum Gasteiger partial charge on any atom is 0.305 e. The van der Waals surface area contributed by atoms with Gasteiger partial charge < -0.3 is 20.3 Å². The molecular formula is C66H129NO5. The van der Waals surface area contributed by atoms with Gasteiger partial charge in [-0.2, -0.15) is 0 Å². The van der Waals surface area contributed by atoms with Crippen LogP contribution in [0.15, 0.2) is 12.2 Å². The Balaban J connectivity index is 3.40. The van der Waals surface area contributed by atoms with E-state index in [1.165, 1.54) is 302 Å². The van der Waals surface area contributed by atoms with Crippen LogP contribution in [-0.2, 0) is 14.3 Å². The minimum atomic E-state index is -0.670. The van der Waals surface area contributed by atoms with Gasteiger partial charge in [-0.15, -0.1) is 0 Å². The van der Waals surface area contributed by atoms with Crippen molar-refractivity contribution in [3.8, 4) is 0 Å². The first kappa shape index (κ1) is 70.6. The summed E-state index contributed by atoms with van der Waals surface area (Å²) in [6, 6.07) is -0.548. The Morgan fingerprint density at radius 2 is 0.653 bits per heavy atom. The van der Waals surface area contributed by atoms with E-state index in [1.807, 2.05) is 0 Å². The van der Waals surface area contributed by atoms with Gasteiger partial charge >= 0.3 is 5.97 Å². The largest absolute Gasteiger partial charge is 0.466 e. The van der Waals surface area contributed by atoms with Crippen molar-refractivity contribution < 1.29 is 24.5 Å². The number of carbonyl (C=O) groups excluding carboxylic acids is 2. The number of amides is 1. The molecular weight excluding hydrogens is 887 g/mol. The molecule has 72 heavy (non-hydrogen) atoms. The molecule has 0 aliphatic carbocycles. The van der Waals surface area contributed by atoms with Crippen LogP contribution in [0.4, 0.5) is 0 Å².